The van der Waals surface area contributed by atoms with Gasteiger partial charge in [-0.3, -0.25) is 4.90 Å². The number of aromatic carboxylic acids is 1. The summed E-state index contributed by atoms with van der Waals surface area (Å²) in [5.74, 6) is -0.842. The molecular weight excluding hydrogens is 245 g/mol. The van der Waals surface area contributed by atoms with Crippen molar-refractivity contribution in [1.29, 1.82) is 0 Å². The highest BCUT2D eigenvalue weighted by Gasteiger charge is 2.19. The van der Waals surface area contributed by atoms with Gasteiger partial charge in [-0.2, -0.15) is 0 Å². The van der Waals surface area contributed by atoms with Gasteiger partial charge in [0.1, 0.15) is 5.82 Å². The Hall–Kier alpha value is -1.42. The summed E-state index contributed by atoms with van der Waals surface area (Å²) in [5.41, 5.74) is 0.771. The Morgan fingerprint density at radius 2 is 2.26 bits per heavy atom. The molecule has 3 nitrogen and oxygen atoms in total. The lowest BCUT2D eigenvalue weighted by Gasteiger charge is -2.32. The van der Waals surface area contributed by atoms with E-state index in [4.69, 9.17) is 5.11 Å². The summed E-state index contributed by atoms with van der Waals surface area (Å²) in [6.45, 7) is 4.86. The van der Waals surface area contributed by atoms with E-state index in [1.54, 1.807) is 6.07 Å². The van der Waals surface area contributed by atoms with Gasteiger partial charge in [-0.15, -0.1) is 0 Å². The van der Waals surface area contributed by atoms with E-state index in [9.17, 15) is 9.18 Å². The fraction of sp³-hybridized carbons (Fsp3) is 0.533. The third-order valence-electron chi connectivity index (χ3n) is 3.79. The normalized spacial score (nSPS) is 20.4. The number of hydrogen-bond acceptors (Lipinski definition) is 2. The molecule has 0 amide bonds. The summed E-state index contributed by atoms with van der Waals surface area (Å²) >= 11 is 0. The molecule has 1 fully saturated rings. The third kappa shape index (κ3) is 3.77. The Morgan fingerprint density at radius 3 is 2.95 bits per heavy atom. The molecule has 1 heterocycles. The Labute approximate surface area is 113 Å². The van der Waals surface area contributed by atoms with Crippen LogP contribution in [-0.4, -0.2) is 29.1 Å². The third-order valence-corrected chi connectivity index (χ3v) is 3.79. The molecule has 104 valence electrons. The van der Waals surface area contributed by atoms with E-state index in [0.29, 0.717) is 12.5 Å². The zero-order valence-electron chi connectivity index (χ0n) is 11.2. The highest BCUT2D eigenvalue weighted by molar-refractivity contribution is 5.87. The van der Waals surface area contributed by atoms with Crippen molar-refractivity contribution in [2.24, 2.45) is 5.92 Å². The topological polar surface area (TPSA) is 40.5 Å². The van der Waals surface area contributed by atoms with Crippen LogP contribution in [0.2, 0.25) is 0 Å². The van der Waals surface area contributed by atoms with Crippen LogP contribution in [0.5, 0.6) is 0 Å². The van der Waals surface area contributed by atoms with Crippen LogP contribution >= 0.6 is 0 Å². The number of rotatable bonds is 4. The molecule has 0 aromatic heterocycles. The van der Waals surface area contributed by atoms with E-state index in [2.05, 4.69) is 11.8 Å². The lowest BCUT2D eigenvalue weighted by Crippen LogP contribution is -2.34. The zero-order chi connectivity index (χ0) is 13.8. The molecule has 1 N–H and O–H groups in total. The first kappa shape index (κ1) is 14.0. The maximum absolute atomic E-state index is 13.4. The van der Waals surface area contributed by atoms with Crippen LogP contribution < -0.4 is 0 Å². The summed E-state index contributed by atoms with van der Waals surface area (Å²) in [6, 6.07) is 4.07. The van der Waals surface area contributed by atoms with Gasteiger partial charge in [0.25, 0.3) is 0 Å². The van der Waals surface area contributed by atoms with Gasteiger partial charge in [-0.05, 0) is 49.1 Å². The maximum atomic E-state index is 13.4. The fourth-order valence-electron chi connectivity index (χ4n) is 2.75. The number of hydrogen-bond donors (Lipinski definition) is 1. The second-order valence-electron chi connectivity index (χ2n) is 5.30. The maximum Gasteiger partial charge on any atom is 0.335 e. The average Bonchev–Trinajstić information content (AvgIpc) is 2.38. The standard InChI is InChI=1S/C15H20FNO2/c1-2-11-4-3-5-17(9-11)10-12-6-13(15(18)19)8-14(16)7-12/h6-8,11H,2-5,9-10H2,1H3,(H,18,19). The molecule has 0 saturated carbocycles. The number of halogens is 1. The highest BCUT2D eigenvalue weighted by Crippen LogP contribution is 2.21. The van der Waals surface area contributed by atoms with E-state index in [1.165, 1.54) is 25.3 Å². The number of piperidine rings is 1. The first-order chi connectivity index (χ1) is 9.08. The fourth-order valence-corrected chi connectivity index (χ4v) is 2.75. The minimum absolute atomic E-state index is 0.0269. The van der Waals surface area contributed by atoms with E-state index in [-0.39, 0.29) is 5.56 Å². The first-order valence-corrected chi connectivity index (χ1v) is 6.83. The summed E-state index contributed by atoms with van der Waals surface area (Å²) in [5, 5.41) is 8.94. The van der Waals surface area contributed by atoms with Gasteiger partial charge in [-0.25, -0.2) is 9.18 Å². The van der Waals surface area contributed by atoms with Gasteiger partial charge in [0, 0.05) is 13.1 Å². The van der Waals surface area contributed by atoms with Crippen molar-refractivity contribution >= 4 is 5.97 Å². The summed E-state index contributed by atoms with van der Waals surface area (Å²) in [7, 11) is 0. The lowest BCUT2D eigenvalue weighted by atomic mass is 9.95. The van der Waals surface area contributed by atoms with Gasteiger partial charge < -0.3 is 5.11 Å². The molecule has 1 aliphatic rings. The Bertz CT molecular complexity index is 461. The molecule has 0 radical (unpaired) electrons. The van der Waals surface area contributed by atoms with Crippen LogP contribution in [-0.2, 0) is 6.54 Å². The van der Waals surface area contributed by atoms with Gasteiger partial charge in [0.05, 0.1) is 5.56 Å². The molecule has 4 heteroatoms. The van der Waals surface area contributed by atoms with Gasteiger partial charge in [0.2, 0.25) is 0 Å². The van der Waals surface area contributed by atoms with E-state index < -0.39 is 11.8 Å². The molecule has 1 saturated heterocycles. The van der Waals surface area contributed by atoms with Crippen LogP contribution in [0.3, 0.4) is 0 Å². The molecule has 1 unspecified atom stereocenters. The predicted molar refractivity (Wildman–Crippen MR) is 71.7 cm³/mol. The van der Waals surface area contributed by atoms with Crippen molar-refractivity contribution < 1.29 is 14.3 Å². The SMILES string of the molecule is CCC1CCCN(Cc2cc(F)cc(C(=O)O)c2)C1. The minimum Gasteiger partial charge on any atom is -0.478 e. The smallest absolute Gasteiger partial charge is 0.335 e. The van der Waals surface area contributed by atoms with E-state index in [1.807, 2.05) is 0 Å². The average molecular weight is 265 g/mol. The molecule has 0 spiro atoms. The van der Waals surface area contributed by atoms with Crippen molar-refractivity contribution in [2.45, 2.75) is 32.7 Å². The Balaban J connectivity index is 2.08. The summed E-state index contributed by atoms with van der Waals surface area (Å²) in [4.78, 5) is 13.2. The van der Waals surface area contributed by atoms with Crippen molar-refractivity contribution in [2.75, 3.05) is 13.1 Å². The molecule has 19 heavy (non-hydrogen) atoms. The molecule has 1 aromatic carbocycles. The van der Waals surface area contributed by atoms with Crippen molar-refractivity contribution in [3.63, 3.8) is 0 Å². The van der Waals surface area contributed by atoms with Gasteiger partial charge in [-0.1, -0.05) is 13.3 Å². The number of carboxylic acids is 1. The van der Waals surface area contributed by atoms with E-state index in [0.717, 1.165) is 24.7 Å². The highest BCUT2D eigenvalue weighted by atomic mass is 19.1. The quantitative estimate of drug-likeness (QED) is 0.909. The summed E-state index contributed by atoms with van der Waals surface area (Å²) in [6.07, 6.45) is 3.59. The Kier molecular flexibility index (Phi) is 4.53. The van der Waals surface area contributed by atoms with Crippen molar-refractivity contribution in [3.05, 3.63) is 35.1 Å². The largest absolute Gasteiger partial charge is 0.478 e. The number of benzene rings is 1. The Morgan fingerprint density at radius 1 is 1.47 bits per heavy atom. The number of likely N-dealkylation sites (tertiary alicyclic amines) is 1. The molecule has 0 bridgehead atoms. The number of carboxylic acid groups (broad SMARTS) is 1. The second kappa shape index (κ2) is 6.15. The molecule has 1 aliphatic heterocycles. The van der Waals surface area contributed by atoms with Crippen LogP contribution in [0.1, 0.15) is 42.1 Å². The van der Waals surface area contributed by atoms with E-state index >= 15 is 0 Å². The second-order valence-corrected chi connectivity index (χ2v) is 5.30. The molecule has 0 aliphatic carbocycles. The minimum atomic E-state index is -1.08. The zero-order valence-corrected chi connectivity index (χ0v) is 11.2. The molecule has 2 rings (SSSR count). The van der Waals surface area contributed by atoms with Crippen LogP contribution in [0, 0.1) is 11.7 Å². The van der Waals surface area contributed by atoms with Crippen molar-refractivity contribution in [1.82, 2.24) is 4.90 Å². The van der Waals surface area contributed by atoms with Crippen molar-refractivity contribution in [3.8, 4) is 0 Å². The van der Waals surface area contributed by atoms with Crippen LogP contribution in [0.15, 0.2) is 18.2 Å². The molecule has 1 aromatic rings. The summed E-state index contributed by atoms with van der Waals surface area (Å²) < 4.78 is 13.4. The van der Waals surface area contributed by atoms with Gasteiger partial charge in [0.15, 0.2) is 0 Å². The lowest BCUT2D eigenvalue weighted by molar-refractivity contribution is 0.0696. The van der Waals surface area contributed by atoms with Crippen LogP contribution in [0.4, 0.5) is 4.39 Å². The first-order valence-electron chi connectivity index (χ1n) is 6.83. The molecule has 1 atom stereocenters. The van der Waals surface area contributed by atoms with Gasteiger partial charge >= 0.3 is 5.97 Å². The predicted octanol–water partition coefficient (Wildman–Crippen LogP) is 3.15. The number of nitrogens with zero attached hydrogens (tertiary/aromatic N) is 1. The monoisotopic (exact) mass is 265 g/mol. The number of carbonyl (C=O) groups is 1. The molecular formula is C15H20FNO2. The van der Waals surface area contributed by atoms with Crippen LogP contribution in [0.25, 0.3) is 0 Å².